The second kappa shape index (κ2) is 8.74. The molecule has 0 saturated carbocycles. The van der Waals surface area contributed by atoms with Gasteiger partial charge < -0.3 is 10.1 Å². The molecule has 0 spiro atoms. The summed E-state index contributed by atoms with van der Waals surface area (Å²) in [6.07, 6.45) is -4.61. The average molecular weight is 439 g/mol. The molecule has 0 fully saturated rings. The third kappa shape index (κ3) is 5.10. The number of aromatic nitrogens is 3. The van der Waals surface area contributed by atoms with Crippen molar-refractivity contribution in [3.63, 3.8) is 0 Å². The molecule has 0 unspecified atom stereocenters. The van der Waals surface area contributed by atoms with E-state index < -0.39 is 11.7 Å². The van der Waals surface area contributed by atoms with Gasteiger partial charge in [-0.2, -0.15) is 18.2 Å². The van der Waals surface area contributed by atoms with Crippen molar-refractivity contribution in [2.24, 2.45) is 0 Å². The van der Waals surface area contributed by atoms with Gasteiger partial charge in [-0.1, -0.05) is 12.1 Å². The van der Waals surface area contributed by atoms with E-state index >= 15 is 0 Å². The molecule has 0 aliphatic rings. The van der Waals surface area contributed by atoms with Crippen molar-refractivity contribution >= 4 is 23.2 Å². The molecule has 0 aliphatic heterocycles. The molecule has 158 valence electrons. The normalized spacial score (nSPS) is 11.6. The predicted octanol–water partition coefficient (Wildman–Crippen LogP) is 4.92. The lowest BCUT2D eigenvalue weighted by molar-refractivity contribution is -0.137. The number of benzene rings is 2. The van der Waals surface area contributed by atoms with Gasteiger partial charge in [0.15, 0.2) is 5.82 Å². The topological polar surface area (TPSA) is 69.0 Å². The van der Waals surface area contributed by atoms with Crippen LogP contribution in [0.3, 0.4) is 0 Å². The summed E-state index contributed by atoms with van der Waals surface area (Å²) in [6, 6.07) is 11.4. The molecule has 1 N–H and O–H groups in total. The maximum absolute atomic E-state index is 12.9. The summed E-state index contributed by atoms with van der Waals surface area (Å²) < 4.78 is 45.6. The zero-order chi connectivity index (χ0) is 21.9. The first-order chi connectivity index (χ1) is 14.2. The number of alkyl halides is 4. The molecule has 1 heterocycles. The highest BCUT2D eigenvalue weighted by Crippen LogP contribution is 2.31. The van der Waals surface area contributed by atoms with Crippen molar-refractivity contribution < 1.29 is 22.7 Å². The first kappa shape index (κ1) is 21.6. The molecule has 0 radical (unpaired) electrons. The molecular weight excluding hydrogens is 421 g/mol. The van der Waals surface area contributed by atoms with Gasteiger partial charge in [-0.25, -0.2) is 4.68 Å². The van der Waals surface area contributed by atoms with E-state index in [2.05, 4.69) is 15.4 Å². The summed E-state index contributed by atoms with van der Waals surface area (Å²) in [6.45, 7) is 3.62. The second-order valence-corrected chi connectivity index (χ2v) is 6.87. The van der Waals surface area contributed by atoms with Crippen molar-refractivity contribution in [2.45, 2.75) is 26.1 Å². The fourth-order valence-corrected chi connectivity index (χ4v) is 2.68. The van der Waals surface area contributed by atoms with E-state index in [1.807, 2.05) is 13.8 Å². The number of carbonyl (C=O) groups is 1. The zero-order valence-corrected chi connectivity index (χ0v) is 16.8. The van der Waals surface area contributed by atoms with Gasteiger partial charge in [0.05, 0.1) is 17.4 Å². The largest absolute Gasteiger partial charge is 0.460 e. The van der Waals surface area contributed by atoms with Crippen LogP contribution >= 0.6 is 11.6 Å². The van der Waals surface area contributed by atoms with Crippen LogP contribution < -0.4 is 10.1 Å². The van der Waals surface area contributed by atoms with Gasteiger partial charge in [-0.15, -0.1) is 16.7 Å². The zero-order valence-electron chi connectivity index (χ0n) is 16.1. The minimum atomic E-state index is -4.43. The van der Waals surface area contributed by atoms with E-state index in [0.717, 1.165) is 12.1 Å². The van der Waals surface area contributed by atoms with Crippen molar-refractivity contribution in [2.75, 3.05) is 11.2 Å². The molecule has 10 heteroatoms. The van der Waals surface area contributed by atoms with E-state index in [9.17, 15) is 18.0 Å². The minimum Gasteiger partial charge on any atom is -0.460 e. The standard InChI is InChI=1S/C20H18ClF3N4O2/c1-12(2)30-19-26-18(13-3-5-14(6-4-13)20(22,23)24)28(27-19)16-9-7-15(8-10-16)25-17(29)11-21/h3-10,12H,11H2,1-2H3,(H,25,29). The first-order valence-electron chi connectivity index (χ1n) is 8.95. The maximum Gasteiger partial charge on any atom is 0.416 e. The number of amides is 1. The van der Waals surface area contributed by atoms with E-state index in [4.69, 9.17) is 16.3 Å². The number of rotatable bonds is 6. The molecule has 0 bridgehead atoms. The van der Waals surface area contributed by atoms with Gasteiger partial charge in [-0.05, 0) is 50.2 Å². The number of halogens is 4. The molecule has 0 saturated heterocycles. The summed E-state index contributed by atoms with van der Waals surface area (Å²) in [5.74, 6) is -0.195. The van der Waals surface area contributed by atoms with Crippen molar-refractivity contribution in [1.82, 2.24) is 14.8 Å². The van der Waals surface area contributed by atoms with Gasteiger partial charge in [0.2, 0.25) is 5.91 Å². The van der Waals surface area contributed by atoms with E-state index in [1.54, 1.807) is 24.3 Å². The third-order valence-electron chi connectivity index (χ3n) is 3.92. The van der Waals surface area contributed by atoms with Crippen molar-refractivity contribution in [3.8, 4) is 23.1 Å². The molecule has 0 atom stereocenters. The van der Waals surface area contributed by atoms with Crippen LogP contribution in [0.15, 0.2) is 48.5 Å². The highest BCUT2D eigenvalue weighted by Gasteiger charge is 2.30. The van der Waals surface area contributed by atoms with Crippen LogP contribution in [-0.2, 0) is 11.0 Å². The molecule has 0 aliphatic carbocycles. The summed E-state index contributed by atoms with van der Waals surface area (Å²) in [7, 11) is 0. The highest BCUT2D eigenvalue weighted by atomic mass is 35.5. The highest BCUT2D eigenvalue weighted by molar-refractivity contribution is 6.29. The summed E-state index contributed by atoms with van der Waals surface area (Å²) >= 11 is 5.48. The van der Waals surface area contributed by atoms with Crippen LogP contribution in [0.1, 0.15) is 19.4 Å². The number of carbonyl (C=O) groups excluding carboxylic acids is 1. The molecule has 1 aromatic heterocycles. The smallest absolute Gasteiger partial charge is 0.416 e. The van der Waals surface area contributed by atoms with Crippen LogP contribution in [0, 0.1) is 0 Å². The van der Waals surface area contributed by atoms with Gasteiger partial charge in [0.1, 0.15) is 5.88 Å². The lowest BCUT2D eigenvalue weighted by Gasteiger charge is -2.09. The summed E-state index contributed by atoms with van der Waals surface area (Å²) in [5.41, 5.74) is 0.808. The number of nitrogens with zero attached hydrogens (tertiary/aromatic N) is 3. The maximum atomic E-state index is 12.9. The van der Waals surface area contributed by atoms with Gasteiger partial charge >= 0.3 is 12.2 Å². The van der Waals surface area contributed by atoms with E-state index in [0.29, 0.717) is 22.8 Å². The monoisotopic (exact) mass is 438 g/mol. The Balaban J connectivity index is 1.99. The molecular formula is C20H18ClF3N4O2. The molecule has 2 aromatic carbocycles. The molecule has 6 nitrogen and oxygen atoms in total. The van der Waals surface area contributed by atoms with Crippen molar-refractivity contribution in [3.05, 3.63) is 54.1 Å². The Bertz CT molecular complexity index is 1020. The Morgan fingerprint density at radius 3 is 2.30 bits per heavy atom. The predicted molar refractivity (Wildman–Crippen MR) is 107 cm³/mol. The average Bonchev–Trinajstić information content (AvgIpc) is 3.11. The van der Waals surface area contributed by atoms with Crippen LogP contribution in [0.4, 0.5) is 18.9 Å². The third-order valence-corrected chi connectivity index (χ3v) is 4.16. The number of hydrogen-bond acceptors (Lipinski definition) is 4. The van der Waals surface area contributed by atoms with Crippen molar-refractivity contribution in [1.29, 1.82) is 0 Å². The van der Waals surface area contributed by atoms with Crippen LogP contribution in [-0.4, -0.2) is 32.7 Å². The van der Waals surface area contributed by atoms with Gasteiger partial charge in [-0.3, -0.25) is 4.79 Å². The number of nitrogens with one attached hydrogen (secondary N) is 1. The van der Waals surface area contributed by atoms with Gasteiger partial charge in [0, 0.05) is 11.3 Å². The number of ether oxygens (including phenoxy) is 1. The number of anilines is 1. The first-order valence-corrected chi connectivity index (χ1v) is 9.48. The van der Waals surface area contributed by atoms with E-state index in [-0.39, 0.29) is 23.9 Å². The molecule has 1 amide bonds. The molecule has 3 aromatic rings. The van der Waals surface area contributed by atoms with Gasteiger partial charge in [0.25, 0.3) is 0 Å². The second-order valence-electron chi connectivity index (χ2n) is 6.60. The Kier molecular flexibility index (Phi) is 6.31. The lowest BCUT2D eigenvalue weighted by Crippen LogP contribution is -2.12. The van der Waals surface area contributed by atoms with Crippen LogP contribution in [0.2, 0.25) is 0 Å². The Morgan fingerprint density at radius 2 is 1.77 bits per heavy atom. The van der Waals surface area contributed by atoms with Crippen LogP contribution in [0.5, 0.6) is 6.01 Å². The molecule has 3 rings (SSSR count). The lowest BCUT2D eigenvalue weighted by atomic mass is 10.1. The van der Waals surface area contributed by atoms with E-state index in [1.165, 1.54) is 16.8 Å². The Morgan fingerprint density at radius 1 is 1.13 bits per heavy atom. The quantitative estimate of drug-likeness (QED) is 0.555. The fraction of sp³-hybridized carbons (Fsp3) is 0.250. The Labute approximate surface area is 175 Å². The summed E-state index contributed by atoms with van der Waals surface area (Å²) in [5, 5.41) is 6.95. The van der Waals surface area contributed by atoms with Crippen LogP contribution in [0.25, 0.3) is 17.1 Å². The fourth-order valence-electron chi connectivity index (χ4n) is 2.61. The minimum absolute atomic E-state index is 0.0967. The molecule has 30 heavy (non-hydrogen) atoms. The SMILES string of the molecule is CC(C)Oc1nc(-c2ccc(C(F)(F)F)cc2)n(-c2ccc(NC(=O)CCl)cc2)n1. The summed E-state index contributed by atoms with van der Waals surface area (Å²) in [4.78, 5) is 15.7. The Hall–Kier alpha value is -3.07. The number of hydrogen-bond donors (Lipinski definition) is 1.